The van der Waals surface area contributed by atoms with Crippen molar-refractivity contribution >= 4 is 28.7 Å². The van der Waals surface area contributed by atoms with E-state index in [2.05, 4.69) is 0 Å². The smallest absolute Gasteiger partial charge is 0.197 e. The largest absolute Gasteiger partial charge is 0.288 e. The highest BCUT2D eigenvalue weighted by molar-refractivity contribution is 7.10. The molecule has 1 aromatic carbocycles. The van der Waals surface area contributed by atoms with E-state index in [1.807, 2.05) is 0 Å². The Morgan fingerprint density at radius 2 is 1.94 bits per heavy atom. The van der Waals surface area contributed by atoms with Gasteiger partial charge in [0.2, 0.25) is 0 Å². The van der Waals surface area contributed by atoms with Gasteiger partial charge in [0.1, 0.15) is 11.6 Å². The lowest BCUT2D eigenvalue weighted by Gasteiger charge is -2.03. The summed E-state index contributed by atoms with van der Waals surface area (Å²) in [4.78, 5) is 12.7. The first-order valence-electron chi connectivity index (χ1n) is 4.74. The highest BCUT2D eigenvalue weighted by atomic mass is 35.5. The van der Waals surface area contributed by atoms with Crippen LogP contribution in [0, 0.1) is 18.6 Å². The number of aryl methyl sites for hydroxylation is 1. The molecule has 0 saturated carbocycles. The van der Waals surface area contributed by atoms with E-state index in [-0.39, 0.29) is 10.6 Å². The number of hydrogen-bond acceptors (Lipinski definition) is 2. The second-order valence-electron chi connectivity index (χ2n) is 3.47. The van der Waals surface area contributed by atoms with Crippen LogP contribution in [-0.4, -0.2) is 5.78 Å². The van der Waals surface area contributed by atoms with Gasteiger partial charge in [-0.25, -0.2) is 8.78 Å². The van der Waals surface area contributed by atoms with Gasteiger partial charge >= 0.3 is 0 Å². The van der Waals surface area contributed by atoms with Crippen LogP contribution in [0.15, 0.2) is 23.6 Å². The molecule has 0 aliphatic carbocycles. The first-order chi connectivity index (χ1) is 8.00. The van der Waals surface area contributed by atoms with Gasteiger partial charge in [0.05, 0.1) is 10.6 Å². The third kappa shape index (κ3) is 2.23. The molecule has 17 heavy (non-hydrogen) atoms. The maximum absolute atomic E-state index is 13.5. The van der Waals surface area contributed by atoms with Crippen molar-refractivity contribution in [1.29, 1.82) is 0 Å². The number of ketones is 1. The number of hydrogen-bond donors (Lipinski definition) is 0. The van der Waals surface area contributed by atoms with Gasteiger partial charge in [0, 0.05) is 10.4 Å². The average molecular weight is 273 g/mol. The zero-order valence-electron chi connectivity index (χ0n) is 8.76. The standard InChI is InChI=1S/C12H7ClF2OS/c1-6-7(2-3-17-6)12(16)8-4-11(15)9(13)5-10(8)14/h2-5H,1H3. The van der Waals surface area contributed by atoms with Crippen LogP contribution in [0.4, 0.5) is 8.78 Å². The number of rotatable bonds is 2. The summed E-state index contributed by atoms with van der Waals surface area (Å²) in [7, 11) is 0. The molecule has 1 nitrogen and oxygen atoms in total. The zero-order chi connectivity index (χ0) is 12.6. The van der Waals surface area contributed by atoms with Crippen LogP contribution >= 0.6 is 22.9 Å². The first-order valence-corrected chi connectivity index (χ1v) is 6.00. The Kier molecular flexibility index (Phi) is 3.26. The molecule has 0 atom stereocenters. The van der Waals surface area contributed by atoms with Gasteiger partial charge in [-0.3, -0.25) is 4.79 Å². The van der Waals surface area contributed by atoms with Crippen molar-refractivity contribution in [2.45, 2.75) is 6.92 Å². The highest BCUT2D eigenvalue weighted by Crippen LogP contribution is 2.24. The molecule has 0 aliphatic heterocycles. The highest BCUT2D eigenvalue weighted by Gasteiger charge is 2.19. The molecule has 0 fully saturated rings. The normalized spacial score (nSPS) is 10.6. The van der Waals surface area contributed by atoms with Crippen molar-refractivity contribution < 1.29 is 13.6 Å². The lowest BCUT2D eigenvalue weighted by Crippen LogP contribution is -2.05. The van der Waals surface area contributed by atoms with Crippen molar-refractivity contribution in [3.8, 4) is 0 Å². The fourth-order valence-electron chi connectivity index (χ4n) is 1.46. The van der Waals surface area contributed by atoms with Crippen LogP contribution in [0.25, 0.3) is 0 Å². The minimum absolute atomic E-state index is 0.298. The SMILES string of the molecule is Cc1sccc1C(=O)c1cc(F)c(Cl)cc1F. The monoisotopic (exact) mass is 272 g/mol. The lowest BCUT2D eigenvalue weighted by atomic mass is 10.0. The molecule has 0 aliphatic rings. The van der Waals surface area contributed by atoms with E-state index in [4.69, 9.17) is 11.6 Å². The maximum atomic E-state index is 13.5. The van der Waals surface area contributed by atoms with E-state index in [1.165, 1.54) is 11.3 Å². The van der Waals surface area contributed by atoms with Crippen LogP contribution in [0.1, 0.15) is 20.8 Å². The molecule has 1 aromatic heterocycles. The van der Waals surface area contributed by atoms with Gasteiger partial charge < -0.3 is 0 Å². The fraction of sp³-hybridized carbons (Fsp3) is 0.0833. The molecule has 0 bridgehead atoms. The maximum Gasteiger partial charge on any atom is 0.197 e. The molecule has 0 amide bonds. The second kappa shape index (κ2) is 4.55. The summed E-state index contributed by atoms with van der Waals surface area (Å²) in [5.41, 5.74) is 0.0871. The molecule has 0 N–H and O–H groups in total. The van der Waals surface area contributed by atoms with Gasteiger partial charge in [-0.15, -0.1) is 11.3 Å². The van der Waals surface area contributed by atoms with Crippen molar-refractivity contribution in [1.82, 2.24) is 0 Å². The lowest BCUT2D eigenvalue weighted by molar-refractivity contribution is 0.103. The van der Waals surface area contributed by atoms with E-state index in [0.29, 0.717) is 5.56 Å². The molecule has 88 valence electrons. The van der Waals surface area contributed by atoms with Crippen LogP contribution < -0.4 is 0 Å². The Labute approximate surface area is 106 Å². The number of halogens is 3. The molecule has 1 heterocycles. The molecular formula is C12H7ClF2OS. The molecule has 5 heteroatoms. The molecule has 0 unspecified atom stereocenters. The Balaban J connectivity index is 2.52. The van der Waals surface area contributed by atoms with Gasteiger partial charge in [-0.2, -0.15) is 0 Å². The third-order valence-electron chi connectivity index (χ3n) is 2.36. The van der Waals surface area contributed by atoms with Gasteiger partial charge in [0.25, 0.3) is 0 Å². The predicted octanol–water partition coefficient (Wildman–Crippen LogP) is 4.22. The van der Waals surface area contributed by atoms with E-state index >= 15 is 0 Å². The van der Waals surface area contributed by atoms with Crippen LogP contribution in [-0.2, 0) is 0 Å². The molecule has 2 aromatic rings. The van der Waals surface area contributed by atoms with Crippen molar-refractivity contribution in [2.75, 3.05) is 0 Å². The average Bonchev–Trinajstić information content (AvgIpc) is 2.69. The fourth-order valence-corrected chi connectivity index (χ4v) is 2.31. The van der Waals surface area contributed by atoms with E-state index in [9.17, 15) is 13.6 Å². The van der Waals surface area contributed by atoms with Crippen molar-refractivity contribution in [3.05, 3.63) is 56.2 Å². The van der Waals surface area contributed by atoms with Crippen LogP contribution in [0.5, 0.6) is 0 Å². The number of carbonyl (C=O) groups is 1. The number of benzene rings is 1. The topological polar surface area (TPSA) is 17.1 Å². The second-order valence-corrected chi connectivity index (χ2v) is 4.99. The predicted molar refractivity (Wildman–Crippen MR) is 63.9 cm³/mol. The minimum atomic E-state index is -0.813. The zero-order valence-corrected chi connectivity index (χ0v) is 10.3. The minimum Gasteiger partial charge on any atom is -0.288 e. The number of carbonyl (C=O) groups excluding carboxylic acids is 1. The van der Waals surface area contributed by atoms with E-state index in [1.54, 1.807) is 18.4 Å². The van der Waals surface area contributed by atoms with Gasteiger partial charge in [-0.1, -0.05) is 11.6 Å². The summed E-state index contributed by atoms with van der Waals surface area (Å²) in [6.07, 6.45) is 0. The van der Waals surface area contributed by atoms with E-state index in [0.717, 1.165) is 17.0 Å². The molecule has 2 rings (SSSR count). The van der Waals surface area contributed by atoms with Crippen LogP contribution in [0.2, 0.25) is 5.02 Å². The Hall–Kier alpha value is -1.26. The summed E-state index contributed by atoms with van der Waals surface area (Å²) >= 11 is 6.80. The van der Waals surface area contributed by atoms with Crippen molar-refractivity contribution in [2.24, 2.45) is 0 Å². The molecular weight excluding hydrogens is 266 g/mol. The summed E-state index contributed by atoms with van der Waals surface area (Å²) in [6.45, 7) is 1.75. The van der Waals surface area contributed by atoms with Crippen LogP contribution in [0.3, 0.4) is 0 Å². The summed E-state index contributed by atoms with van der Waals surface area (Å²) in [6, 6.07) is 3.23. The van der Waals surface area contributed by atoms with Gasteiger partial charge in [-0.05, 0) is 30.5 Å². The summed E-state index contributed by atoms with van der Waals surface area (Å²) < 4.78 is 26.7. The Morgan fingerprint density at radius 1 is 1.24 bits per heavy atom. The van der Waals surface area contributed by atoms with Crippen molar-refractivity contribution in [3.63, 3.8) is 0 Å². The molecule has 0 saturated heterocycles. The Morgan fingerprint density at radius 3 is 2.53 bits per heavy atom. The quantitative estimate of drug-likeness (QED) is 0.591. The Bertz CT molecular complexity index is 592. The number of thiophene rings is 1. The third-order valence-corrected chi connectivity index (χ3v) is 3.49. The molecule has 0 radical (unpaired) electrons. The van der Waals surface area contributed by atoms with Gasteiger partial charge in [0.15, 0.2) is 5.78 Å². The molecule has 0 spiro atoms. The summed E-state index contributed by atoms with van der Waals surface area (Å²) in [5.74, 6) is -2.15. The van der Waals surface area contributed by atoms with E-state index < -0.39 is 17.4 Å². The first kappa shape index (κ1) is 12.2. The summed E-state index contributed by atoms with van der Waals surface area (Å²) in [5, 5.41) is 1.40.